The van der Waals surface area contributed by atoms with Crippen LogP contribution in [0.3, 0.4) is 0 Å². The summed E-state index contributed by atoms with van der Waals surface area (Å²) in [5.74, 6) is 0.530. The SMILES string of the molecule is CN1CCc2nc(NC(=O)NCC3CCOCC3)sc2C1. The molecule has 0 saturated carbocycles. The van der Waals surface area contributed by atoms with Crippen LogP contribution in [-0.4, -0.2) is 49.3 Å². The van der Waals surface area contributed by atoms with Gasteiger partial charge in [-0.05, 0) is 25.8 Å². The fourth-order valence-electron chi connectivity index (χ4n) is 2.71. The molecular weight excluding hydrogens is 288 g/mol. The number of nitrogens with zero attached hydrogens (tertiary/aromatic N) is 2. The van der Waals surface area contributed by atoms with Crippen LogP contribution < -0.4 is 10.6 Å². The molecular formula is C14H22N4O2S. The summed E-state index contributed by atoms with van der Waals surface area (Å²) in [7, 11) is 2.11. The highest BCUT2D eigenvalue weighted by Gasteiger charge is 2.19. The van der Waals surface area contributed by atoms with Crippen molar-refractivity contribution < 1.29 is 9.53 Å². The number of amides is 2. The maximum atomic E-state index is 11.9. The van der Waals surface area contributed by atoms with Crippen LogP contribution in [0.15, 0.2) is 0 Å². The molecule has 6 nitrogen and oxygen atoms in total. The highest BCUT2D eigenvalue weighted by Crippen LogP contribution is 2.27. The molecule has 7 heteroatoms. The summed E-state index contributed by atoms with van der Waals surface area (Å²) >= 11 is 1.58. The maximum Gasteiger partial charge on any atom is 0.321 e. The van der Waals surface area contributed by atoms with E-state index in [9.17, 15) is 4.79 Å². The Balaban J connectivity index is 1.48. The molecule has 2 amide bonds. The first kappa shape index (κ1) is 14.7. The number of aromatic nitrogens is 1. The van der Waals surface area contributed by atoms with E-state index < -0.39 is 0 Å². The standard InChI is InChI=1S/C14H22N4O2S/c1-18-5-2-11-12(9-18)21-14(16-11)17-13(19)15-8-10-3-6-20-7-4-10/h10H,2-9H2,1H3,(H2,15,16,17,19). The zero-order valence-electron chi connectivity index (χ0n) is 12.4. The quantitative estimate of drug-likeness (QED) is 0.891. The lowest BCUT2D eigenvalue weighted by Crippen LogP contribution is -2.35. The predicted molar refractivity (Wildman–Crippen MR) is 82.7 cm³/mol. The average molecular weight is 310 g/mol. The molecule has 0 spiro atoms. The van der Waals surface area contributed by atoms with Gasteiger partial charge in [0.1, 0.15) is 0 Å². The second-order valence-electron chi connectivity index (χ2n) is 5.77. The van der Waals surface area contributed by atoms with Crippen LogP contribution in [0.5, 0.6) is 0 Å². The maximum absolute atomic E-state index is 11.9. The van der Waals surface area contributed by atoms with Crippen LogP contribution in [0.4, 0.5) is 9.93 Å². The van der Waals surface area contributed by atoms with Crippen molar-refractivity contribution in [2.75, 3.05) is 38.7 Å². The summed E-state index contributed by atoms with van der Waals surface area (Å²) in [5.41, 5.74) is 1.14. The van der Waals surface area contributed by atoms with Crippen LogP contribution in [0.1, 0.15) is 23.4 Å². The zero-order chi connectivity index (χ0) is 14.7. The average Bonchev–Trinajstić information content (AvgIpc) is 2.87. The number of rotatable bonds is 3. The van der Waals surface area contributed by atoms with Gasteiger partial charge in [-0.1, -0.05) is 0 Å². The molecule has 1 fully saturated rings. The van der Waals surface area contributed by atoms with E-state index >= 15 is 0 Å². The molecule has 1 aromatic rings. The number of carbonyl (C=O) groups excluding carboxylic acids is 1. The van der Waals surface area contributed by atoms with E-state index in [4.69, 9.17) is 4.74 Å². The smallest absolute Gasteiger partial charge is 0.321 e. The lowest BCUT2D eigenvalue weighted by atomic mass is 10.0. The summed E-state index contributed by atoms with van der Waals surface area (Å²) < 4.78 is 5.32. The number of hydrogen-bond acceptors (Lipinski definition) is 5. The normalized spacial score (nSPS) is 20.0. The van der Waals surface area contributed by atoms with Gasteiger partial charge in [0.2, 0.25) is 0 Å². The topological polar surface area (TPSA) is 66.5 Å². The van der Waals surface area contributed by atoms with Crippen molar-refractivity contribution in [3.05, 3.63) is 10.6 Å². The van der Waals surface area contributed by atoms with Gasteiger partial charge in [-0.2, -0.15) is 0 Å². The molecule has 3 rings (SSSR count). The van der Waals surface area contributed by atoms with E-state index in [1.807, 2.05) is 0 Å². The number of anilines is 1. The van der Waals surface area contributed by atoms with Crippen molar-refractivity contribution in [2.24, 2.45) is 5.92 Å². The van der Waals surface area contributed by atoms with Gasteiger partial charge < -0.3 is 15.0 Å². The van der Waals surface area contributed by atoms with Crippen LogP contribution in [-0.2, 0) is 17.7 Å². The Kier molecular flexibility index (Phi) is 4.72. The highest BCUT2D eigenvalue weighted by molar-refractivity contribution is 7.15. The van der Waals surface area contributed by atoms with E-state index in [2.05, 4.69) is 27.6 Å². The number of likely N-dealkylation sites (N-methyl/N-ethyl adjacent to an activating group) is 1. The monoisotopic (exact) mass is 310 g/mol. The van der Waals surface area contributed by atoms with Crippen LogP contribution in [0.25, 0.3) is 0 Å². The molecule has 116 valence electrons. The molecule has 3 heterocycles. The van der Waals surface area contributed by atoms with E-state index in [0.717, 1.165) is 51.3 Å². The van der Waals surface area contributed by atoms with Gasteiger partial charge in [-0.3, -0.25) is 5.32 Å². The van der Waals surface area contributed by atoms with E-state index in [0.29, 0.717) is 17.6 Å². The number of urea groups is 1. The minimum atomic E-state index is -0.152. The second-order valence-corrected chi connectivity index (χ2v) is 6.85. The number of hydrogen-bond donors (Lipinski definition) is 2. The minimum Gasteiger partial charge on any atom is -0.381 e. The third kappa shape index (κ3) is 3.93. The van der Waals surface area contributed by atoms with Gasteiger partial charge in [0.25, 0.3) is 0 Å². The van der Waals surface area contributed by atoms with Crippen LogP contribution >= 0.6 is 11.3 Å². The van der Waals surface area contributed by atoms with E-state index in [1.54, 1.807) is 11.3 Å². The number of fused-ring (bicyclic) bond motifs is 1. The molecule has 0 radical (unpaired) electrons. The molecule has 1 saturated heterocycles. The summed E-state index contributed by atoms with van der Waals surface area (Å²) in [6.07, 6.45) is 3.02. The van der Waals surface area contributed by atoms with Crippen molar-refractivity contribution in [3.63, 3.8) is 0 Å². The molecule has 21 heavy (non-hydrogen) atoms. The second kappa shape index (κ2) is 6.72. The van der Waals surface area contributed by atoms with E-state index in [1.165, 1.54) is 4.88 Å². The number of nitrogens with one attached hydrogen (secondary N) is 2. The van der Waals surface area contributed by atoms with Gasteiger partial charge in [0.05, 0.1) is 5.69 Å². The first-order chi connectivity index (χ1) is 10.2. The lowest BCUT2D eigenvalue weighted by molar-refractivity contribution is 0.0671. The number of thiazole rings is 1. The van der Waals surface area contributed by atoms with Crippen LogP contribution in [0, 0.1) is 5.92 Å². The predicted octanol–water partition coefficient (Wildman–Crippen LogP) is 1.68. The molecule has 0 unspecified atom stereocenters. The summed E-state index contributed by atoms with van der Waals surface area (Å²) in [4.78, 5) is 20.0. The largest absolute Gasteiger partial charge is 0.381 e. The van der Waals surface area contributed by atoms with Crippen molar-refractivity contribution in [1.82, 2.24) is 15.2 Å². The highest BCUT2D eigenvalue weighted by atomic mass is 32.1. The Bertz CT molecular complexity index is 499. The van der Waals surface area contributed by atoms with Crippen molar-refractivity contribution >= 4 is 22.5 Å². The molecule has 0 aromatic carbocycles. The van der Waals surface area contributed by atoms with Gasteiger partial charge >= 0.3 is 6.03 Å². The van der Waals surface area contributed by atoms with Gasteiger partial charge in [0.15, 0.2) is 5.13 Å². The molecule has 2 N–H and O–H groups in total. The molecule has 0 aliphatic carbocycles. The zero-order valence-corrected chi connectivity index (χ0v) is 13.2. The Morgan fingerprint density at radius 3 is 3.10 bits per heavy atom. The molecule has 0 bridgehead atoms. The Morgan fingerprint density at radius 1 is 1.48 bits per heavy atom. The van der Waals surface area contributed by atoms with Crippen molar-refractivity contribution in [3.8, 4) is 0 Å². The fraction of sp³-hybridized carbons (Fsp3) is 0.714. The Labute approximate surface area is 128 Å². The third-order valence-corrected chi connectivity index (χ3v) is 5.03. The number of ether oxygens (including phenoxy) is 1. The Hall–Kier alpha value is -1.18. The van der Waals surface area contributed by atoms with Gasteiger partial charge in [-0.25, -0.2) is 9.78 Å². The summed E-state index contributed by atoms with van der Waals surface area (Å²) in [6.45, 7) is 4.29. The molecule has 2 aliphatic rings. The molecule has 0 atom stereocenters. The molecule has 1 aromatic heterocycles. The lowest BCUT2D eigenvalue weighted by Gasteiger charge is -2.22. The Morgan fingerprint density at radius 2 is 2.29 bits per heavy atom. The first-order valence-electron chi connectivity index (χ1n) is 7.50. The van der Waals surface area contributed by atoms with Gasteiger partial charge in [-0.15, -0.1) is 11.3 Å². The van der Waals surface area contributed by atoms with Crippen molar-refractivity contribution in [1.29, 1.82) is 0 Å². The minimum absolute atomic E-state index is 0.152. The molecule has 2 aliphatic heterocycles. The van der Waals surface area contributed by atoms with Crippen molar-refractivity contribution in [2.45, 2.75) is 25.8 Å². The summed E-state index contributed by atoms with van der Waals surface area (Å²) in [6, 6.07) is -0.152. The van der Waals surface area contributed by atoms with Gasteiger partial charge in [0, 0.05) is 44.1 Å². The third-order valence-electron chi connectivity index (χ3n) is 4.03. The fourth-order valence-corrected chi connectivity index (χ4v) is 3.79. The van der Waals surface area contributed by atoms with E-state index in [-0.39, 0.29) is 6.03 Å². The first-order valence-corrected chi connectivity index (χ1v) is 8.32. The number of carbonyl (C=O) groups is 1. The summed E-state index contributed by atoms with van der Waals surface area (Å²) in [5, 5.41) is 6.51. The van der Waals surface area contributed by atoms with Crippen LogP contribution in [0.2, 0.25) is 0 Å².